The first-order chi connectivity index (χ1) is 13.6. The van der Waals surface area contributed by atoms with Crippen LogP contribution in [0.15, 0.2) is 36.4 Å². The lowest BCUT2D eigenvalue weighted by molar-refractivity contribution is -0.384. The number of methoxy groups -OCH3 is 3. The summed E-state index contributed by atoms with van der Waals surface area (Å²) in [5.74, 6) is 1.85. The van der Waals surface area contributed by atoms with E-state index >= 15 is 0 Å². The molecule has 150 valence electrons. The van der Waals surface area contributed by atoms with Crippen molar-refractivity contribution in [3.8, 4) is 17.2 Å². The Labute approximate surface area is 164 Å². The van der Waals surface area contributed by atoms with Crippen LogP contribution in [0.4, 0.5) is 11.4 Å². The molecule has 0 N–H and O–H groups in total. The Balaban J connectivity index is 1.69. The number of nitro groups is 1. The summed E-state index contributed by atoms with van der Waals surface area (Å²) < 4.78 is 16.2. The molecule has 8 heteroatoms. The van der Waals surface area contributed by atoms with Crippen molar-refractivity contribution >= 4 is 11.4 Å². The predicted octanol–water partition coefficient (Wildman–Crippen LogP) is 2.94. The molecule has 0 radical (unpaired) electrons. The summed E-state index contributed by atoms with van der Waals surface area (Å²) in [5, 5.41) is 11.3. The molecular weight excluding hydrogens is 362 g/mol. The third-order valence-electron chi connectivity index (χ3n) is 4.92. The highest BCUT2D eigenvalue weighted by atomic mass is 16.6. The number of nitrogens with zero attached hydrogens (tertiary/aromatic N) is 3. The molecule has 0 amide bonds. The highest BCUT2D eigenvalue weighted by Crippen LogP contribution is 2.38. The van der Waals surface area contributed by atoms with Gasteiger partial charge in [0.05, 0.1) is 26.3 Å². The molecule has 1 heterocycles. The predicted molar refractivity (Wildman–Crippen MR) is 107 cm³/mol. The van der Waals surface area contributed by atoms with Crippen LogP contribution in [0, 0.1) is 10.1 Å². The average molecular weight is 387 g/mol. The number of anilines is 1. The van der Waals surface area contributed by atoms with Crippen LogP contribution in [0.5, 0.6) is 17.2 Å². The highest BCUT2D eigenvalue weighted by Gasteiger charge is 2.24. The Morgan fingerprint density at radius 1 is 0.964 bits per heavy atom. The Bertz CT molecular complexity index is 809. The summed E-state index contributed by atoms with van der Waals surface area (Å²) in [6.45, 7) is 3.82. The van der Waals surface area contributed by atoms with Gasteiger partial charge in [-0.2, -0.15) is 0 Å². The van der Waals surface area contributed by atoms with Gasteiger partial charge in [-0.1, -0.05) is 12.1 Å². The molecule has 0 aromatic heterocycles. The van der Waals surface area contributed by atoms with Crippen LogP contribution in [-0.2, 0) is 6.54 Å². The molecule has 2 aromatic rings. The second kappa shape index (κ2) is 8.79. The van der Waals surface area contributed by atoms with E-state index in [2.05, 4.69) is 9.80 Å². The van der Waals surface area contributed by atoms with Crippen LogP contribution in [0.2, 0.25) is 0 Å². The quantitative estimate of drug-likeness (QED) is 0.534. The van der Waals surface area contributed by atoms with Crippen molar-refractivity contribution in [2.24, 2.45) is 0 Å². The molecule has 0 aliphatic carbocycles. The minimum atomic E-state index is -0.322. The number of para-hydroxylation sites is 2. The summed E-state index contributed by atoms with van der Waals surface area (Å²) >= 11 is 0. The summed E-state index contributed by atoms with van der Waals surface area (Å²) in [6, 6.07) is 10.8. The minimum Gasteiger partial charge on any atom is -0.493 e. The van der Waals surface area contributed by atoms with Gasteiger partial charge in [0.15, 0.2) is 11.5 Å². The molecule has 0 spiro atoms. The van der Waals surface area contributed by atoms with Crippen LogP contribution in [0.3, 0.4) is 0 Å². The van der Waals surface area contributed by atoms with Crippen molar-refractivity contribution in [3.63, 3.8) is 0 Å². The molecule has 0 bridgehead atoms. The molecule has 0 atom stereocenters. The van der Waals surface area contributed by atoms with E-state index < -0.39 is 0 Å². The molecule has 0 unspecified atom stereocenters. The summed E-state index contributed by atoms with van der Waals surface area (Å²) in [6.07, 6.45) is 0. The van der Waals surface area contributed by atoms with Gasteiger partial charge in [0.2, 0.25) is 5.75 Å². The Morgan fingerprint density at radius 2 is 1.57 bits per heavy atom. The molecule has 1 fully saturated rings. The standard InChI is InChI=1S/C20H25N3O5/c1-26-18-12-15(13-19(27-2)20(18)28-3)14-21-8-10-22(11-9-21)16-6-4-5-7-17(16)23(24)25/h4-7,12-13H,8-11,14H2,1-3H3. The molecule has 0 saturated carbocycles. The molecule has 3 rings (SSSR count). The molecule has 8 nitrogen and oxygen atoms in total. The molecule has 1 aliphatic heterocycles. The molecule has 2 aromatic carbocycles. The number of nitro benzene ring substituents is 1. The van der Waals surface area contributed by atoms with Gasteiger partial charge in [0, 0.05) is 38.8 Å². The molecular formula is C20H25N3O5. The maximum absolute atomic E-state index is 11.3. The highest BCUT2D eigenvalue weighted by molar-refractivity contribution is 5.63. The van der Waals surface area contributed by atoms with Crippen molar-refractivity contribution in [1.82, 2.24) is 4.90 Å². The lowest BCUT2D eigenvalue weighted by atomic mass is 10.1. The molecule has 1 aliphatic rings. The van der Waals surface area contributed by atoms with E-state index in [9.17, 15) is 10.1 Å². The lowest BCUT2D eigenvalue weighted by Gasteiger charge is -2.35. The number of ether oxygens (including phenoxy) is 3. The zero-order valence-electron chi connectivity index (χ0n) is 16.4. The fourth-order valence-electron chi connectivity index (χ4n) is 3.52. The topological polar surface area (TPSA) is 77.3 Å². The van der Waals surface area contributed by atoms with E-state index in [4.69, 9.17) is 14.2 Å². The van der Waals surface area contributed by atoms with Gasteiger partial charge in [-0.05, 0) is 23.8 Å². The second-order valence-corrected chi connectivity index (χ2v) is 6.54. The van der Waals surface area contributed by atoms with Crippen molar-refractivity contribution < 1.29 is 19.1 Å². The molecule has 28 heavy (non-hydrogen) atoms. The zero-order chi connectivity index (χ0) is 20.1. The second-order valence-electron chi connectivity index (χ2n) is 6.54. The Morgan fingerprint density at radius 3 is 2.11 bits per heavy atom. The van der Waals surface area contributed by atoms with Gasteiger partial charge >= 0.3 is 0 Å². The van der Waals surface area contributed by atoms with Gasteiger partial charge in [-0.25, -0.2) is 0 Å². The van der Waals surface area contributed by atoms with E-state index in [-0.39, 0.29) is 10.6 Å². The largest absolute Gasteiger partial charge is 0.493 e. The number of hydrogen-bond acceptors (Lipinski definition) is 7. The van der Waals surface area contributed by atoms with E-state index in [1.807, 2.05) is 24.3 Å². The fraction of sp³-hybridized carbons (Fsp3) is 0.400. The normalized spacial score (nSPS) is 14.6. The summed E-state index contributed by atoms with van der Waals surface area (Å²) in [5.41, 5.74) is 1.90. The van der Waals surface area contributed by atoms with Crippen LogP contribution >= 0.6 is 0 Å². The van der Waals surface area contributed by atoms with E-state index in [1.165, 1.54) is 0 Å². The van der Waals surface area contributed by atoms with E-state index in [0.29, 0.717) is 22.9 Å². The first-order valence-corrected chi connectivity index (χ1v) is 9.07. The number of rotatable bonds is 7. The lowest BCUT2D eigenvalue weighted by Crippen LogP contribution is -2.46. The van der Waals surface area contributed by atoms with Crippen LogP contribution < -0.4 is 19.1 Å². The van der Waals surface area contributed by atoms with Gasteiger partial charge in [0.1, 0.15) is 5.69 Å². The van der Waals surface area contributed by atoms with Crippen molar-refractivity contribution in [1.29, 1.82) is 0 Å². The van der Waals surface area contributed by atoms with Gasteiger partial charge in [-0.3, -0.25) is 15.0 Å². The van der Waals surface area contributed by atoms with Crippen molar-refractivity contribution in [2.45, 2.75) is 6.54 Å². The van der Waals surface area contributed by atoms with Crippen LogP contribution in [0.1, 0.15) is 5.56 Å². The fourth-order valence-corrected chi connectivity index (χ4v) is 3.52. The summed E-state index contributed by atoms with van der Waals surface area (Å²) in [4.78, 5) is 15.3. The van der Waals surface area contributed by atoms with E-state index in [0.717, 1.165) is 38.3 Å². The van der Waals surface area contributed by atoms with Crippen molar-refractivity contribution in [3.05, 3.63) is 52.1 Å². The molecule has 1 saturated heterocycles. The number of benzene rings is 2. The first-order valence-electron chi connectivity index (χ1n) is 9.07. The van der Waals surface area contributed by atoms with Gasteiger partial charge in [-0.15, -0.1) is 0 Å². The summed E-state index contributed by atoms with van der Waals surface area (Å²) in [7, 11) is 4.79. The first kappa shape index (κ1) is 19.8. The Hall–Kier alpha value is -3.00. The number of hydrogen-bond donors (Lipinski definition) is 0. The Kier molecular flexibility index (Phi) is 6.20. The van der Waals surface area contributed by atoms with Crippen LogP contribution in [0.25, 0.3) is 0 Å². The van der Waals surface area contributed by atoms with E-state index in [1.54, 1.807) is 33.5 Å². The minimum absolute atomic E-state index is 0.153. The third kappa shape index (κ3) is 4.12. The van der Waals surface area contributed by atoms with Crippen LogP contribution in [-0.4, -0.2) is 57.3 Å². The zero-order valence-corrected chi connectivity index (χ0v) is 16.4. The number of piperazine rings is 1. The van der Waals surface area contributed by atoms with Gasteiger partial charge in [0.25, 0.3) is 5.69 Å². The maximum Gasteiger partial charge on any atom is 0.292 e. The average Bonchev–Trinajstić information content (AvgIpc) is 2.73. The third-order valence-corrected chi connectivity index (χ3v) is 4.92. The smallest absolute Gasteiger partial charge is 0.292 e. The SMILES string of the molecule is COc1cc(CN2CCN(c3ccccc3[N+](=O)[O-])CC2)cc(OC)c1OC. The monoisotopic (exact) mass is 387 g/mol. The van der Waals surface area contributed by atoms with Crippen molar-refractivity contribution in [2.75, 3.05) is 52.4 Å². The van der Waals surface area contributed by atoms with Gasteiger partial charge < -0.3 is 19.1 Å². The maximum atomic E-state index is 11.3.